The van der Waals surface area contributed by atoms with Crippen molar-refractivity contribution in [2.75, 3.05) is 25.5 Å². The zero-order valence-corrected chi connectivity index (χ0v) is 14.7. The number of hydrogen-bond donors (Lipinski definition) is 1. The summed E-state index contributed by atoms with van der Waals surface area (Å²) in [7, 11) is 1.67. The number of ether oxygens (including phenoxy) is 1. The van der Waals surface area contributed by atoms with Gasteiger partial charge in [-0.1, -0.05) is 31.9 Å². The Kier molecular flexibility index (Phi) is 6.33. The van der Waals surface area contributed by atoms with Crippen LogP contribution in [0.4, 0.5) is 23.7 Å². The van der Waals surface area contributed by atoms with Gasteiger partial charge in [-0.2, -0.15) is 0 Å². The van der Waals surface area contributed by atoms with Crippen LogP contribution in [-0.4, -0.2) is 54.3 Å². The zero-order valence-electron chi connectivity index (χ0n) is 14.7. The SMILES string of the molecule is CCCCC1C(=O)N(C)CCN1C(=O)Nc1ccccc1OC(F)(F)F. The maximum Gasteiger partial charge on any atom is 0.573 e. The minimum atomic E-state index is -4.87. The van der Waals surface area contributed by atoms with Crippen LogP contribution < -0.4 is 10.1 Å². The number of amides is 3. The van der Waals surface area contributed by atoms with Crippen molar-refractivity contribution in [3.8, 4) is 5.75 Å². The Morgan fingerprint density at radius 1 is 1.31 bits per heavy atom. The fraction of sp³-hybridized carbons (Fsp3) is 0.529. The molecule has 1 fully saturated rings. The lowest BCUT2D eigenvalue weighted by atomic mass is 10.0. The van der Waals surface area contributed by atoms with Gasteiger partial charge in [0.25, 0.3) is 0 Å². The van der Waals surface area contributed by atoms with E-state index in [-0.39, 0.29) is 11.6 Å². The first-order valence-electron chi connectivity index (χ1n) is 8.40. The predicted octanol–water partition coefficient (Wildman–Crippen LogP) is 3.45. The van der Waals surface area contributed by atoms with Crippen LogP contribution in [0.3, 0.4) is 0 Å². The number of benzene rings is 1. The van der Waals surface area contributed by atoms with Gasteiger partial charge in [-0.25, -0.2) is 4.79 Å². The van der Waals surface area contributed by atoms with Crippen molar-refractivity contribution < 1.29 is 27.5 Å². The summed E-state index contributed by atoms with van der Waals surface area (Å²) in [4.78, 5) is 27.9. The molecule has 0 radical (unpaired) electrons. The van der Waals surface area contributed by atoms with Crippen LogP contribution in [0.1, 0.15) is 26.2 Å². The minimum absolute atomic E-state index is 0.101. The first-order chi connectivity index (χ1) is 12.2. The van der Waals surface area contributed by atoms with Crippen LogP contribution >= 0.6 is 0 Å². The van der Waals surface area contributed by atoms with Crippen LogP contribution in [0.15, 0.2) is 24.3 Å². The predicted molar refractivity (Wildman–Crippen MR) is 89.8 cm³/mol. The van der Waals surface area contributed by atoms with Crippen LogP contribution in [-0.2, 0) is 4.79 Å². The number of carbonyl (C=O) groups excluding carboxylic acids is 2. The number of halogens is 3. The highest BCUT2D eigenvalue weighted by molar-refractivity contribution is 5.95. The summed E-state index contributed by atoms with van der Waals surface area (Å²) in [6.45, 7) is 2.66. The molecule has 0 aromatic heterocycles. The molecule has 26 heavy (non-hydrogen) atoms. The number of nitrogens with one attached hydrogen (secondary N) is 1. The fourth-order valence-corrected chi connectivity index (χ4v) is 2.80. The van der Waals surface area contributed by atoms with Gasteiger partial charge in [0.15, 0.2) is 5.75 Å². The number of rotatable bonds is 5. The summed E-state index contributed by atoms with van der Waals surface area (Å²) >= 11 is 0. The molecule has 1 aliphatic rings. The van der Waals surface area contributed by atoms with Crippen LogP contribution in [0.25, 0.3) is 0 Å². The van der Waals surface area contributed by atoms with Crippen molar-refractivity contribution in [1.82, 2.24) is 9.80 Å². The molecule has 0 saturated carbocycles. The van der Waals surface area contributed by atoms with E-state index in [4.69, 9.17) is 0 Å². The van der Waals surface area contributed by atoms with Crippen molar-refractivity contribution in [2.45, 2.75) is 38.6 Å². The van der Waals surface area contributed by atoms with Crippen LogP contribution in [0.2, 0.25) is 0 Å². The van der Waals surface area contributed by atoms with E-state index in [1.807, 2.05) is 6.92 Å². The highest BCUT2D eigenvalue weighted by atomic mass is 19.4. The third-order valence-corrected chi connectivity index (χ3v) is 4.16. The molecule has 6 nitrogen and oxygen atoms in total. The highest BCUT2D eigenvalue weighted by Crippen LogP contribution is 2.30. The lowest BCUT2D eigenvalue weighted by Crippen LogP contribution is -2.58. The number of piperazine rings is 1. The van der Waals surface area contributed by atoms with Crippen molar-refractivity contribution >= 4 is 17.6 Å². The molecule has 1 aromatic carbocycles. The summed E-state index contributed by atoms with van der Waals surface area (Å²) in [5.74, 6) is -0.668. The van der Waals surface area contributed by atoms with Gasteiger partial charge < -0.3 is 19.9 Å². The van der Waals surface area contributed by atoms with Gasteiger partial charge >= 0.3 is 12.4 Å². The van der Waals surface area contributed by atoms with Gasteiger partial charge in [-0.05, 0) is 18.6 Å². The van der Waals surface area contributed by atoms with Crippen molar-refractivity contribution in [3.63, 3.8) is 0 Å². The second kappa shape index (κ2) is 8.29. The molecule has 1 unspecified atom stereocenters. The van der Waals surface area contributed by atoms with Gasteiger partial charge in [-0.15, -0.1) is 13.2 Å². The summed E-state index contributed by atoms with van der Waals surface area (Å²) in [5.41, 5.74) is -0.101. The number of para-hydroxylation sites is 2. The van der Waals surface area contributed by atoms with E-state index in [0.29, 0.717) is 19.5 Å². The van der Waals surface area contributed by atoms with Crippen molar-refractivity contribution in [3.05, 3.63) is 24.3 Å². The van der Waals surface area contributed by atoms with Crippen molar-refractivity contribution in [2.24, 2.45) is 0 Å². The van der Waals surface area contributed by atoms with Crippen LogP contribution in [0, 0.1) is 0 Å². The Hall–Kier alpha value is -2.45. The van der Waals surface area contributed by atoms with Crippen LogP contribution in [0.5, 0.6) is 5.75 Å². The van der Waals surface area contributed by atoms with Gasteiger partial charge in [0.05, 0.1) is 5.69 Å². The van der Waals surface area contributed by atoms with E-state index in [9.17, 15) is 22.8 Å². The molecular formula is C17H22F3N3O3. The monoisotopic (exact) mass is 373 g/mol. The Balaban J connectivity index is 2.16. The number of nitrogens with zero attached hydrogens (tertiary/aromatic N) is 2. The topological polar surface area (TPSA) is 61.9 Å². The molecule has 0 bridgehead atoms. The molecule has 144 valence electrons. The second-order valence-electron chi connectivity index (χ2n) is 6.09. The van der Waals surface area contributed by atoms with Gasteiger partial charge in [-0.3, -0.25) is 4.79 Å². The Bertz CT molecular complexity index is 652. The summed E-state index contributed by atoms with van der Waals surface area (Å²) in [6.07, 6.45) is -2.73. The average molecular weight is 373 g/mol. The van der Waals surface area contributed by atoms with Gasteiger partial charge in [0.1, 0.15) is 6.04 Å². The van der Waals surface area contributed by atoms with E-state index < -0.39 is 24.2 Å². The lowest BCUT2D eigenvalue weighted by Gasteiger charge is -2.39. The molecule has 2 rings (SSSR count). The molecule has 1 heterocycles. The largest absolute Gasteiger partial charge is 0.573 e. The number of likely N-dealkylation sites (N-methyl/N-ethyl adjacent to an activating group) is 1. The maximum atomic E-state index is 12.6. The summed E-state index contributed by atoms with van der Waals surface area (Å²) in [5, 5.41) is 2.44. The number of alkyl halides is 3. The summed E-state index contributed by atoms with van der Waals surface area (Å²) < 4.78 is 41.5. The summed E-state index contributed by atoms with van der Waals surface area (Å²) in [6, 6.07) is 4.06. The highest BCUT2D eigenvalue weighted by Gasteiger charge is 2.36. The Labute approximate surface area is 149 Å². The smallest absolute Gasteiger partial charge is 0.404 e. The van der Waals surface area contributed by atoms with E-state index in [0.717, 1.165) is 18.9 Å². The number of hydrogen-bond acceptors (Lipinski definition) is 3. The average Bonchev–Trinajstić information content (AvgIpc) is 2.56. The molecule has 1 aliphatic heterocycles. The van der Waals surface area contributed by atoms with Gasteiger partial charge in [0, 0.05) is 20.1 Å². The second-order valence-corrected chi connectivity index (χ2v) is 6.09. The first kappa shape index (κ1) is 19.9. The third kappa shape index (κ3) is 5.03. The first-order valence-corrected chi connectivity index (χ1v) is 8.40. The molecule has 3 amide bonds. The molecule has 0 aliphatic carbocycles. The molecular weight excluding hydrogens is 351 g/mol. The number of carbonyl (C=O) groups is 2. The van der Waals surface area contributed by atoms with E-state index in [1.165, 1.54) is 23.1 Å². The van der Waals surface area contributed by atoms with E-state index in [1.54, 1.807) is 11.9 Å². The third-order valence-electron chi connectivity index (χ3n) is 4.16. The number of urea groups is 1. The molecule has 1 atom stereocenters. The lowest BCUT2D eigenvalue weighted by molar-refractivity contribution is -0.274. The fourth-order valence-electron chi connectivity index (χ4n) is 2.80. The molecule has 1 aromatic rings. The normalized spacial score (nSPS) is 18.0. The quantitative estimate of drug-likeness (QED) is 0.860. The maximum absolute atomic E-state index is 12.6. The number of unbranched alkanes of at least 4 members (excludes halogenated alkanes) is 1. The Morgan fingerprint density at radius 2 is 2.00 bits per heavy atom. The van der Waals surface area contributed by atoms with E-state index >= 15 is 0 Å². The minimum Gasteiger partial charge on any atom is -0.404 e. The molecule has 0 spiro atoms. The Morgan fingerprint density at radius 3 is 2.65 bits per heavy atom. The molecule has 1 saturated heterocycles. The molecule has 1 N–H and O–H groups in total. The standard InChI is InChI=1S/C17H22F3N3O3/c1-3-4-8-13-15(24)22(2)10-11-23(13)16(25)21-12-7-5-6-9-14(12)26-17(18,19)20/h5-7,9,13H,3-4,8,10-11H2,1-2H3,(H,21,25). The zero-order chi connectivity index (χ0) is 19.3. The molecule has 9 heteroatoms. The van der Waals surface area contributed by atoms with E-state index in [2.05, 4.69) is 10.1 Å². The number of anilines is 1. The van der Waals surface area contributed by atoms with Crippen molar-refractivity contribution in [1.29, 1.82) is 0 Å². The van der Waals surface area contributed by atoms with Gasteiger partial charge in [0.2, 0.25) is 5.91 Å².